The van der Waals surface area contributed by atoms with E-state index in [2.05, 4.69) is 29.8 Å². The maximum atomic E-state index is 14.4. The Morgan fingerprint density at radius 3 is 1.45 bits per heavy atom. The summed E-state index contributed by atoms with van der Waals surface area (Å²) in [6, 6.07) is -7.41. The number of rotatable bonds is 55. The van der Waals surface area contributed by atoms with Crippen LogP contribution in [0.4, 0.5) is 0 Å². The molecule has 0 radical (unpaired) electrons. The molecular formula is C82H144N4O38. The van der Waals surface area contributed by atoms with Gasteiger partial charge in [0, 0.05) is 40.0 Å². The molecule has 0 aromatic rings. The lowest BCUT2D eigenvalue weighted by Crippen LogP contribution is -2.73. The van der Waals surface area contributed by atoms with Crippen molar-refractivity contribution in [2.75, 3.05) is 39.6 Å². The van der Waals surface area contributed by atoms with Crippen LogP contribution < -0.4 is 16.0 Å². The Bertz CT molecular complexity index is 3160. The highest BCUT2D eigenvalue weighted by Crippen LogP contribution is 2.44. The molecule has 24 N–H and O–H groups in total. The Morgan fingerprint density at radius 1 is 0.492 bits per heavy atom. The maximum absolute atomic E-state index is 14.4. The number of aliphatic hydroxyl groups is 19. The zero-order valence-electron chi connectivity index (χ0n) is 72.0. The highest BCUT2D eigenvalue weighted by atomic mass is 16.8. The summed E-state index contributed by atoms with van der Waals surface area (Å²) < 4.78 is 66.4. The summed E-state index contributed by atoms with van der Waals surface area (Å²) in [5.41, 5.74) is 0. The molecule has 6 aliphatic rings. The lowest BCUT2D eigenvalue weighted by atomic mass is 9.87. The molecule has 6 rings (SSSR count). The van der Waals surface area contributed by atoms with Gasteiger partial charge in [0.2, 0.25) is 23.6 Å². The third-order valence-corrected chi connectivity index (χ3v) is 23.9. The summed E-state index contributed by atoms with van der Waals surface area (Å²) in [6.07, 6.45) is -35.3. The second-order valence-electron chi connectivity index (χ2n) is 33.6. The normalized spacial score (nSPS) is 35.7. The number of carboxylic acids is 2. The van der Waals surface area contributed by atoms with Crippen LogP contribution in [0, 0.1) is 0 Å². The van der Waals surface area contributed by atoms with Gasteiger partial charge in [-0.25, -0.2) is 9.59 Å². The van der Waals surface area contributed by atoms with Crippen LogP contribution in [0.25, 0.3) is 0 Å². The second-order valence-corrected chi connectivity index (χ2v) is 33.6. The van der Waals surface area contributed by atoms with Crippen molar-refractivity contribution in [3.05, 3.63) is 12.2 Å². The van der Waals surface area contributed by atoms with Crippen molar-refractivity contribution in [3.8, 4) is 0 Å². The van der Waals surface area contributed by atoms with E-state index in [1.165, 1.54) is 96.5 Å². The lowest BCUT2D eigenvalue weighted by molar-refractivity contribution is -0.404. The van der Waals surface area contributed by atoms with Gasteiger partial charge in [0.1, 0.15) is 128 Å². The smallest absolute Gasteiger partial charge is 0.364 e. The van der Waals surface area contributed by atoms with Gasteiger partial charge in [-0.3, -0.25) is 19.2 Å². The molecule has 0 aliphatic carbocycles. The van der Waals surface area contributed by atoms with Gasteiger partial charge in [0.05, 0.1) is 82.2 Å². The van der Waals surface area contributed by atoms with E-state index >= 15 is 0 Å². The predicted octanol–water partition coefficient (Wildman–Crippen LogP) is -3.93. The van der Waals surface area contributed by atoms with Gasteiger partial charge in [0.15, 0.2) is 25.1 Å². The molecule has 0 aromatic carbocycles. The minimum absolute atomic E-state index is 0.0842. The van der Waals surface area contributed by atoms with Crippen molar-refractivity contribution in [3.63, 3.8) is 0 Å². The van der Waals surface area contributed by atoms with Gasteiger partial charge in [-0.15, -0.1) is 0 Å². The Kier molecular flexibility index (Phi) is 46.8. The molecule has 6 saturated heterocycles. The van der Waals surface area contributed by atoms with Crippen molar-refractivity contribution in [2.45, 2.75) is 429 Å². The lowest BCUT2D eigenvalue weighted by Gasteiger charge is -2.54. The zero-order chi connectivity index (χ0) is 91.9. The summed E-state index contributed by atoms with van der Waals surface area (Å²) in [7, 11) is 0. The number of hydrogen-bond acceptors (Lipinski definition) is 36. The first-order valence-electron chi connectivity index (χ1n) is 44.1. The van der Waals surface area contributed by atoms with Crippen LogP contribution >= 0.6 is 0 Å². The molecule has 42 nitrogen and oxygen atoms in total. The number of nitrogens with zero attached hydrogens (tertiary/aromatic N) is 1. The van der Waals surface area contributed by atoms with Gasteiger partial charge in [-0.05, 0) is 26.2 Å². The number of aliphatic carboxylic acids is 2. The number of aliphatic hydroxyl groups excluding tert-OH is 19. The van der Waals surface area contributed by atoms with Crippen LogP contribution in [-0.4, -0.2) is 395 Å². The van der Waals surface area contributed by atoms with Gasteiger partial charge in [0.25, 0.3) is 11.6 Å². The zero-order valence-corrected chi connectivity index (χ0v) is 72.0. The largest absolute Gasteiger partial charge is 0.477 e. The summed E-state index contributed by atoms with van der Waals surface area (Å²) in [6.45, 7) is 1.06. The second kappa shape index (κ2) is 53.6. The monoisotopic (exact) mass is 1790 g/mol. The first-order valence-corrected chi connectivity index (χ1v) is 44.1. The van der Waals surface area contributed by atoms with Crippen LogP contribution in [0.2, 0.25) is 0 Å². The minimum atomic E-state index is -3.71. The van der Waals surface area contributed by atoms with E-state index in [-0.39, 0.29) is 6.42 Å². The fraction of sp³-hybridized carbons (Fsp3) is 0.902. The van der Waals surface area contributed by atoms with Gasteiger partial charge in [-0.1, -0.05) is 167 Å². The molecule has 12 unspecified atom stereocenters. The Labute approximate surface area is 722 Å². The number of allylic oxidation sites excluding steroid dienone is 1. The number of carbonyl (C=O) groups is 6. The van der Waals surface area contributed by atoms with Crippen LogP contribution in [-0.2, 0) is 80.9 Å². The van der Waals surface area contributed by atoms with Crippen LogP contribution in [0.5, 0.6) is 0 Å². The standard InChI is InChI=1S/C82H144N4O38/c1-7-9-11-13-15-17-19-21-23-25-27-29-31-33-48(95)47(85-56(99)34-32-30-28-26-24-22-20-18-16-14-12-10-8-2)42-114-77-68(108)66(106)70(54(40-90)117-77)119-78-69(109)74(71(55(41-91)118-78)120-76-59(64(104)62(102)52(38-88)116-76)86(46(6)94)75-67(107)65(105)60(100)43(3)115-75)124-82(80(112)113)36-50(97)58(84-45(5)93)73(123-82)63(103)53(39-89)121-81(79(110)111)35-49(96)57(83-44(4)92)72(122-81)61(101)51(98)37-87/h31,33,43,47-55,57-78,87-91,95-98,100-109H,7-30,32,34-42H2,1-6H3,(H,83,92)(H,84,93)(H,85,99)(H,110,111)(H,112,113)/b33-31+/t43?,47-,48+,49?,50?,51+,52?,53+,54?,55?,57+,58+,59?,60+,61+,62-,63+,64+,65?,66+,67-,68?,69?,70+,71-,72?,73?,74+,75-,76-,77+,78-,81+,82-/m0/s1. The van der Waals surface area contributed by atoms with E-state index in [9.17, 15) is 136 Å². The van der Waals surface area contributed by atoms with Crippen molar-refractivity contribution >= 4 is 35.6 Å². The van der Waals surface area contributed by atoms with Crippen molar-refractivity contribution in [1.82, 2.24) is 20.9 Å². The molecule has 0 saturated carbocycles. The number of carbonyl (C=O) groups excluding carboxylic acids is 4. The molecule has 6 fully saturated rings. The first kappa shape index (κ1) is 108. The Hall–Kier alpha value is -4.64. The quantitative estimate of drug-likeness (QED) is 0.0204. The molecule has 0 bridgehead atoms. The maximum Gasteiger partial charge on any atom is 0.364 e. The summed E-state index contributed by atoms with van der Waals surface area (Å²) in [5.74, 6) is -15.3. The van der Waals surface area contributed by atoms with Crippen LogP contribution in [0.3, 0.4) is 0 Å². The van der Waals surface area contributed by atoms with E-state index in [4.69, 9.17) is 52.1 Å². The average molecular weight is 1790 g/mol. The van der Waals surface area contributed by atoms with Gasteiger partial charge >= 0.3 is 11.9 Å². The Morgan fingerprint density at radius 2 is 0.960 bits per heavy atom. The number of carboxylic acid groups (broad SMARTS) is 2. The summed E-state index contributed by atoms with van der Waals surface area (Å²) >= 11 is 0. The number of amides is 4. The number of unbranched alkanes of at least 4 members (excludes halogenated alkanes) is 23. The molecular weight excluding hydrogens is 1650 g/mol. The highest BCUT2D eigenvalue weighted by Gasteiger charge is 2.65. The molecule has 0 spiro atoms. The number of nitrogens with one attached hydrogen (secondary N) is 3. The molecule has 34 atom stereocenters. The van der Waals surface area contributed by atoms with Crippen LogP contribution in [0.15, 0.2) is 12.2 Å². The van der Waals surface area contributed by atoms with Crippen molar-refractivity contribution in [1.29, 1.82) is 0 Å². The average Bonchev–Trinajstić information content (AvgIpc) is 0.745. The SMILES string of the molecule is CCCCCCCCCCCCC/C=C/[C@@H](O)[C@H](CO[C@@H]1OC(CO)[C@@H](O[C@@H]2OC(CO)[C@H](O[C@@H]3OC(CO)[C@H](O)[C@H](O)C3N(C(C)=O)[C@H]3OC(C)[C@@H](O)C(O)[C@@H]3O)[C@H](O[C@]3(C(=O)O)CC(O)[C@@H](NC(C)=O)C([C@H](O)[C@@H](CO)O[C@]4(C(=O)O)CC(O)[C@@H](NC(C)=O)C([C@H](O)[C@H](O)CO)O4)O3)C2O)[C@H](O)C1O)NC(=O)CCCCCCCCCCCCCCC. The fourth-order valence-electron chi connectivity index (χ4n) is 16.8. The third kappa shape index (κ3) is 29.9. The Balaban J connectivity index is 1.36. The van der Waals surface area contributed by atoms with E-state index in [0.29, 0.717) is 17.7 Å². The number of ether oxygens (including phenoxy) is 11. The van der Waals surface area contributed by atoms with Gasteiger partial charge in [-0.2, -0.15) is 0 Å². The topological polar surface area (TPSA) is 668 Å². The predicted molar refractivity (Wildman–Crippen MR) is 429 cm³/mol. The molecule has 124 heavy (non-hydrogen) atoms. The van der Waals surface area contributed by atoms with E-state index in [1.807, 2.05) is 0 Å². The fourth-order valence-corrected chi connectivity index (χ4v) is 16.8. The molecule has 720 valence electrons. The summed E-state index contributed by atoms with van der Waals surface area (Å²) in [5, 5.41) is 247. The van der Waals surface area contributed by atoms with Gasteiger partial charge < -0.3 is 180 Å². The molecule has 42 heteroatoms. The molecule has 4 amide bonds. The first-order chi connectivity index (χ1) is 59.0. The van der Waals surface area contributed by atoms with Crippen molar-refractivity contribution < 1.29 is 188 Å². The summed E-state index contributed by atoms with van der Waals surface area (Å²) in [4.78, 5) is 81.5. The molecule has 6 aliphatic heterocycles. The van der Waals surface area contributed by atoms with E-state index in [0.717, 1.165) is 85.0 Å². The third-order valence-electron chi connectivity index (χ3n) is 23.9. The molecule has 0 aromatic heterocycles. The van der Waals surface area contributed by atoms with E-state index < -0.39 is 295 Å². The van der Waals surface area contributed by atoms with Crippen LogP contribution in [0.1, 0.15) is 221 Å². The number of hydrogen-bond donors (Lipinski definition) is 24. The highest BCUT2D eigenvalue weighted by molar-refractivity contribution is 5.78. The minimum Gasteiger partial charge on any atom is -0.477 e. The van der Waals surface area contributed by atoms with Crippen molar-refractivity contribution in [2.24, 2.45) is 0 Å². The van der Waals surface area contributed by atoms with E-state index in [1.54, 1.807) is 6.08 Å². The molecule has 6 heterocycles.